The first-order valence-corrected chi connectivity index (χ1v) is 18.4. The number of hydrogen-bond donors (Lipinski definition) is 0. The number of benzene rings is 7. The van der Waals surface area contributed by atoms with Crippen LogP contribution in [0, 0.1) is 0 Å². The van der Waals surface area contributed by atoms with E-state index >= 15 is 0 Å². The lowest BCUT2D eigenvalue weighted by molar-refractivity contribution is 0.590. The molecule has 0 aliphatic heterocycles. The van der Waals surface area contributed by atoms with Crippen molar-refractivity contribution in [1.82, 2.24) is 0 Å². The maximum absolute atomic E-state index is 2.51. The highest BCUT2D eigenvalue weighted by Crippen LogP contribution is 2.56. The zero-order chi connectivity index (χ0) is 35.3. The van der Waals surface area contributed by atoms with Crippen molar-refractivity contribution in [2.45, 2.75) is 64.7 Å². The van der Waals surface area contributed by atoms with Crippen LogP contribution < -0.4 is 4.90 Å². The lowest BCUT2D eigenvalue weighted by atomic mass is 9.81. The number of fused-ring (bicyclic) bond motifs is 7. The molecule has 7 aromatic carbocycles. The molecule has 0 amide bonds. The lowest BCUT2D eigenvalue weighted by Gasteiger charge is -2.31. The van der Waals surface area contributed by atoms with Gasteiger partial charge in [-0.2, -0.15) is 0 Å². The molecule has 0 bridgehead atoms. The van der Waals surface area contributed by atoms with Gasteiger partial charge in [-0.15, -0.1) is 0 Å². The first-order chi connectivity index (χ1) is 24.5. The molecule has 9 rings (SSSR count). The van der Waals surface area contributed by atoms with Crippen molar-refractivity contribution in [2.75, 3.05) is 4.90 Å². The molecular formula is C50H45N. The summed E-state index contributed by atoms with van der Waals surface area (Å²) in [4.78, 5) is 2.51. The quantitative estimate of drug-likeness (QED) is 0.182. The minimum absolute atomic E-state index is 0.0611. The van der Waals surface area contributed by atoms with Crippen LogP contribution in [-0.2, 0) is 16.2 Å². The third kappa shape index (κ3) is 4.67. The molecule has 0 radical (unpaired) electrons. The average Bonchev–Trinajstić information content (AvgIpc) is 3.51. The van der Waals surface area contributed by atoms with Crippen molar-refractivity contribution in [3.05, 3.63) is 173 Å². The third-order valence-electron chi connectivity index (χ3n) is 11.8. The van der Waals surface area contributed by atoms with Crippen molar-refractivity contribution < 1.29 is 0 Å². The van der Waals surface area contributed by atoms with Crippen LogP contribution in [0.4, 0.5) is 17.1 Å². The molecule has 1 nitrogen and oxygen atoms in total. The molecule has 7 aromatic rings. The van der Waals surface area contributed by atoms with Crippen molar-refractivity contribution in [1.29, 1.82) is 0 Å². The van der Waals surface area contributed by atoms with Gasteiger partial charge >= 0.3 is 0 Å². The van der Waals surface area contributed by atoms with E-state index in [2.05, 4.69) is 199 Å². The average molecular weight is 660 g/mol. The Bertz CT molecular complexity index is 2500. The van der Waals surface area contributed by atoms with E-state index in [1.807, 2.05) is 0 Å². The number of rotatable bonds is 4. The van der Waals surface area contributed by atoms with Gasteiger partial charge in [0.05, 0.1) is 5.69 Å². The molecule has 1 heteroatoms. The monoisotopic (exact) mass is 659 g/mol. The van der Waals surface area contributed by atoms with E-state index in [4.69, 9.17) is 0 Å². The second-order valence-electron chi connectivity index (χ2n) is 16.6. The molecule has 0 saturated heterocycles. The van der Waals surface area contributed by atoms with Gasteiger partial charge in [-0.05, 0) is 102 Å². The van der Waals surface area contributed by atoms with Crippen molar-refractivity contribution in [2.24, 2.45) is 0 Å². The molecule has 0 N–H and O–H groups in total. The molecule has 0 spiro atoms. The highest BCUT2D eigenvalue weighted by molar-refractivity contribution is 6.09. The Morgan fingerprint density at radius 2 is 1.00 bits per heavy atom. The molecule has 0 atom stereocenters. The van der Waals surface area contributed by atoms with Crippen LogP contribution in [0.3, 0.4) is 0 Å². The van der Waals surface area contributed by atoms with Gasteiger partial charge in [-0.25, -0.2) is 0 Å². The van der Waals surface area contributed by atoms with Gasteiger partial charge in [-0.1, -0.05) is 164 Å². The zero-order valence-corrected chi connectivity index (χ0v) is 30.8. The van der Waals surface area contributed by atoms with Crippen LogP contribution in [0.1, 0.15) is 76.3 Å². The topological polar surface area (TPSA) is 3.24 Å². The normalized spacial score (nSPS) is 14.9. The van der Waals surface area contributed by atoms with Gasteiger partial charge in [0, 0.05) is 27.8 Å². The Morgan fingerprint density at radius 3 is 1.75 bits per heavy atom. The molecule has 0 aromatic heterocycles. The Kier molecular flexibility index (Phi) is 6.84. The summed E-state index contributed by atoms with van der Waals surface area (Å²) < 4.78 is 0. The molecule has 0 unspecified atom stereocenters. The summed E-state index contributed by atoms with van der Waals surface area (Å²) in [7, 11) is 0. The lowest BCUT2D eigenvalue weighted by Crippen LogP contribution is -2.17. The molecule has 51 heavy (non-hydrogen) atoms. The van der Waals surface area contributed by atoms with Crippen LogP contribution in [0.25, 0.3) is 44.2 Å². The Labute approximate surface area is 303 Å². The minimum Gasteiger partial charge on any atom is -0.310 e. The molecule has 2 aliphatic rings. The van der Waals surface area contributed by atoms with Crippen LogP contribution in [-0.4, -0.2) is 0 Å². The van der Waals surface area contributed by atoms with E-state index in [-0.39, 0.29) is 16.2 Å². The second kappa shape index (κ2) is 11.0. The van der Waals surface area contributed by atoms with E-state index in [0.29, 0.717) is 0 Å². The summed E-state index contributed by atoms with van der Waals surface area (Å²) in [6, 6.07) is 54.9. The van der Waals surface area contributed by atoms with Crippen molar-refractivity contribution in [3.8, 4) is 33.4 Å². The second-order valence-corrected chi connectivity index (χ2v) is 16.6. The molecule has 2 aliphatic carbocycles. The predicted octanol–water partition coefficient (Wildman–Crippen LogP) is 13.9. The van der Waals surface area contributed by atoms with Crippen LogP contribution in [0.2, 0.25) is 0 Å². The van der Waals surface area contributed by atoms with E-state index in [0.717, 1.165) is 5.69 Å². The summed E-state index contributed by atoms with van der Waals surface area (Å²) in [5, 5.41) is 2.50. The van der Waals surface area contributed by atoms with Gasteiger partial charge in [-0.3, -0.25) is 0 Å². The Hall–Kier alpha value is -5.40. The highest BCUT2D eigenvalue weighted by atomic mass is 15.1. The molecule has 0 saturated carbocycles. The van der Waals surface area contributed by atoms with E-state index in [1.165, 1.54) is 83.3 Å². The van der Waals surface area contributed by atoms with E-state index < -0.39 is 0 Å². The van der Waals surface area contributed by atoms with Gasteiger partial charge in [0.1, 0.15) is 0 Å². The summed E-state index contributed by atoms with van der Waals surface area (Å²) >= 11 is 0. The summed E-state index contributed by atoms with van der Waals surface area (Å²) in [5.41, 5.74) is 18.2. The first-order valence-electron chi connectivity index (χ1n) is 18.4. The van der Waals surface area contributed by atoms with E-state index in [9.17, 15) is 0 Å². The maximum Gasteiger partial charge on any atom is 0.0546 e. The minimum atomic E-state index is -0.106. The number of hydrogen-bond acceptors (Lipinski definition) is 1. The fraction of sp³-hybridized carbons (Fsp3) is 0.200. The highest BCUT2D eigenvalue weighted by Gasteiger charge is 2.38. The first kappa shape index (κ1) is 31.6. The Balaban J connectivity index is 1.35. The van der Waals surface area contributed by atoms with Gasteiger partial charge in [0.25, 0.3) is 0 Å². The standard InChI is InChI=1S/C50H45N/c1-48(2,3)33-24-26-34(27-25-33)51(35-28-29-38-37-17-10-12-20-41(37)50(6,7)44(38)31-35)45-30-23-32-15-8-9-16-36(32)47(45)40-19-14-22-43-46(40)39-18-11-13-21-42(39)49(43,4)5/h8-31H,1-7H3. The fourth-order valence-corrected chi connectivity index (χ4v) is 9.06. The molecule has 250 valence electrons. The molecular weight excluding hydrogens is 615 g/mol. The van der Waals surface area contributed by atoms with Crippen LogP contribution in [0.5, 0.6) is 0 Å². The van der Waals surface area contributed by atoms with Crippen molar-refractivity contribution in [3.63, 3.8) is 0 Å². The summed E-state index contributed by atoms with van der Waals surface area (Å²) in [5.74, 6) is 0. The smallest absolute Gasteiger partial charge is 0.0546 e. The third-order valence-corrected chi connectivity index (χ3v) is 11.8. The number of nitrogens with zero attached hydrogens (tertiary/aromatic N) is 1. The fourth-order valence-electron chi connectivity index (χ4n) is 9.06. The van der Waals surface area contributed by atoms with E-state index in [1.54, 1.807) is 0 Å². The number of anilines is 3. The van der Waals surface area contributed by atoms with Gasteiger partial charge < -0.3 is 4.90 Å². The molecule has 0 fully saturated rings. The van der Waals surface area contributed by atoms with Crippen LogP contribution >= 0.6 is 0 Å². The Morgan fingerprint density at radius 1 is 0.431 bits per heavy atom. The van der Waals surface area contributed by atoms with Crippen LogP contribution in [0.15, 0.2) is 146 Å². The van der Waals surface area contributed by atoms with Gasteiger partial charge in [0.2, 0.25) is 0 Å². The summed E-state index contributed by atoms with van der Waals surface area (Å²) in [6.45, 7) is 16.4. The molecule has 0 heterocycles. The zero-order valence-electron chi connectivity index (χ0n) is 30.8. The largest absolute Gasteiger partial charge is 0.310 e. The SMILES string of the molecule is CC(C)(C)c1ccc(N(c2ccc3c(c2)C(C)(C)c2ccccc2-3)c2ccc3ccccc3c2-c2cccc3c2-c2ccccc2C3(C)C)cc1. The maximum atomic E-state index is 2.51. The van der Waals surface area contributed by atoms with Crippen molar-refractivity contribution >= 4 is 27.8 Å². The predicted molar refractivity (Wildman–Crippen MR) is 218 cm³/mol. The van der Waals surface area contributed by atoms with Gasteiger partial charge in [0.15, 0.2) is 0 Å². The summed E-state index contributed by atoms with van der Waals surface area (Å²) in [6.07, 6.45) is 0.